The highest BCUT2D eigenvalue weighted by atomic mass is 35.5. The predicted octanol–water partition coefficient (Wildman–Crippen LogP) is 5.38. The van der Waals surface area contributed by atoms with Gasteiger partial charge in [-0.2, -0.15) is 0 Å². The lowest BCUT2D eigenvalue weighted by Crippen LogP contribution is -2.43. The number of ether oxygens (including phenoxy) is 2. The van der Waals surface area contributed by atoms with Gasteiger partial charge in [-0.15, -0.1) is 0 Å². The lowest BCUT2D eigenvalue weighted by Gasteiger charge is -2.32. The number of aromatic nitrogens is 2. The molecule has 0 radical (unpaired) electrons. The van der Waals surface area contributed by atoms with E-state index in [0.717, 1.165) is 12.8 Å². The van der Waals surface area contributed by atoms with Crippen LogP contribution in [0.2, 0.25) is 10.0 Å². The Hall–Kier alpha value is -3.10. The molecule has 4 rings (SSSR count). The molecule has 33 heavy (non-hydrogen) atoms. The smallest absolute Gasteiger partial charge is 0.246 e. The molecule has 7 nitrogen and oxygen atoms in total. The van der Waals surface area contributed by atoms with Crippen molar-refractivity contribution in [1.29, 1.82) is 0 Å². The highest BCUT2D eigenvalue weighted by molar-refractivity contribution is 6.42. The van der Waals surface area contributed by atoms with Gasteiger partial charge in [-0.3, -0.25) is 4.79 Å². The summed E-state index contributed by atoms with van der Waals surface area (Å²) in [5.41, 5.74) is 0.692. The molecule has 2 aromatic carbocycles. The van der Waals surface area contributed by atoms with Gasteiger partial charge < -0.3 is 19.7 Å². The molecule has 172 valence electrons. The number of halogens is 3. The number of anilines is 2. The summed E-state index contributed by atoms with van der Waals surface area (Å²) in [7, 11) is 1.54. The van der Waals surface area contributed by atoms with E-state index in [-0.39, 0.29) is 27.7 Å². The van der Waals surface area contributed by atoms with Crippen molar-refractivity contribution < 1.29 is 18.7 Å². The van der Waals surface area contributed by atoms with Crippen molar-refractivity contribution in [3.63, 3.8) is 0 Å². The first kappa shape index (κ1) is 23.1. The van der Waals surface area contributed by atoms with Gasteiger partial charge in [0.1, 0.15) is 18.2 Å². The van der Waals surface area contributed by atoms with Gasteiger partial charge in [0.2, 0.25) is 5.91 Å². The van der Waals surface area contributed by atoms with Crippen molar-refractivity contribution >= 4 is 51.5 Å². The SMILES string of the molecule is C=CC(=O)N1CCCC(Oc2cc3c(Nc4ccc(Cl)c(Cl)c4F)ncnc3cc2OC)C1. The van der Waals surface area contributed by atoms with Gasteiger partial charge in [0.05, 0.1) is 34.9 Å². The van der Waals surface area contributed by atoms with Crippen LogP contribution < -0.4 is 14.8 Å². The number of hydrogen-bond acceptors (Lipinski definition) is 6. The fourth-order valence-corrected chi connectivity index (χ4v) is 4.02. The zero-order valence-corrected chi connectivity index (χ0v) is 19.3. The summed E-state index contributed by atoms with van der Waals surface area (Å²) in [5, 5.41) is 3.48. The lowest BCUT2D eigenvalue weighted by atomic mass is 10.1. The molecule has 10 heteroatoms. The Morgan fingerprint density at radius 3 is 2.88 bits per heavy atom. The third-order valence-corrected chi connectivity index (χ3v) is 6.15. The van der Waals surface area contributed by atoms with Gasteiger partial charge in [-0.05, 0) is 37.1 Å². The number of amides is 1. The molecule has 1 fully saturated rings. The topological polar surface area (TPSA) is 76.6 Å². The van der Waals surface area contributed by atoms with Gasteiger partial charge in [0, 0.05) is 18.0 Å². The molecule has 0 saturated carbocycles. The standard InChI is InChI=1S/C23H21Cl2FN4O3/c1-3-20(31)30-8-4-5-13(11-30)33-19-9-14-17(10-18(19)32-2)27-12-28-23(14)29-16-7-6-15(24)21(25)22(16)26/h3,6-7,9-10,12-13H,1,4-5,8,11H2,2H3,(H,27,28,29). The summed E-state index contributed by atoms with van der Waals surface area (Å²) in [6.45, 7) is 4.66. The summed E-state index contributed by atoms with van der Waals surface area (Å²) in [6.07, 6.45) is 4.04. The van der Waals surface area contributed by atoms with Gasteiger partial charge in [0.15, 0.2) is 17.3 Å². The van der Waals surface area contributed by atoms with Gasteiger partial charge in [-0.25, -0.2) is 14.4 Å². The molecule has 1 aromatic heterocycles. The maximum Gasteiger partial charge on any atom is 0.246 e. The van der Waals surface area contributed by atoms with E-state index in [0.29, 0.717) is 41.3 Å². The minimum Gasteiger partial charge on any atom is -0.493 e. The van der Waals surface area contributed by atoms with Crippen molar-refractivity contribution in [2.75, 3.05) is 25.5 Å². The van der Waals surface area contributed by atoms with Gasteiger partial charge >= 0.3 is 0 Å². The van der Waals surface area contributed by atoms with Crippen LogP contribution in [0, 0.1) is 5.82 Å². The van der Waals surface area contributed by atoms with E-state index >= 15 is 0 Å². The van der Waals surface area contributed by atoms with Gasteiger partial charge in [-0.1, -0.05) is 29.8 Å². The Balaban J connectivity index is 1.67. The van der Waals surface area contributed by atoms with E-state index in [4.69, 9.17) is 32.7 Å². The molecule has 2 heterocycles. The fraction of sp³-hybridized carbons (Fsp3) is 0.261. The molecule has 1 N–H and O–H groups in total. The van der Waals surface area contributed by atoms with Crippen molar-refractivity contribution in [3.05, 3.63) is 59.1 Å². The summed E-state index contributed by atoms with van der Waals surface area (Å²) in [5.74, 6) is 0.500. The predicted molar refractivity (Wildman–Crippen MR) is 126 cm³/mol. The van der Waals surface area contributed by atoms with Crippen LogP contribution >= 0.6 is 23.2 Å². The molecule has 1 aliphatic rings. The number of likely N-dealkylation sites (tertiary alicyclic amines) is 1. The number of methoxy groups -OCH3 is 1. The van der Waals surface area contributed by atoms with E-state index in [1.807, 2.05) is 0 Å². The number of nitrogens with one attached hydrogen (secondary N) is 1. The Bertz CT molecular complexity index is 1220. The van der Waals surface area contributed by atoms with Crippen molar-refractivity contribution in [1.82, 2.24) is 14.9 Å². The highest BCUT2D eigenvalue weighted by Crippen LogP contribution is 2.37. The van der Waals surface area contributed by atoms with E-state index in [2.05, 4.69) is 21.9 Å². The summed E-state index contributed by atoms with van der Waals surface area (Å²) in [6, 6.07) is 6.43. The molecule has 1 atom stereocenters. The number of piperidine rings is 1. The second-order valence-corrected chi connectivity index (χ2v) is 8.25. The molecular formula is C23H21Cl2FN4O3. The number of nitrogens with zero attached hydrogens (tertiary/aromatic N) is 3. The monoisotopic (exact) mass is 490 g/mol. The number of hydrogen-bond donors (Lipinski definition) is 1. The van der Waals surface area contributed by atoms with Crippen LogP contribution in [0.1, 0.15) is 12.8 Å². The maximum atomic E-state index is 14.6. The Kier molecular flexibility index (Phi) is 6.85. The normalized spacial score (nSPS) is 15.9. The van der Waals surface area contributed by atoms with Crippen LogP contribution in [0.3, 0.4) is 0 Å². The van der Waals surface area contributed by atoms with Crippen molar-refractivity contribution in [3.8, 4) is 11.5 Å². The number of carbonyl (C=O) groups is 1. The third kappa shape index (κ3) is 4.82. The molecule has 0 bridgehead atoms. The molecule has 3 aromatic rings. The Morgan fingerprint density at radius 1 is 1.30 bits per heavy atom. The van der Waals surface area contributed by atoms with Crippen molar-refractivity contribution in [2.24, 2.45) is 0 Å². The van der Waals surface area contributed by atoms with E-state index in [9.17, 15) is 9.18 Å². The molecule has 1 saturated heterocycles. The van der Waals surface area contributed by atoms with Gasteiger partial charge in [0.25, 0.3) is 0 Å². The highest BCUT2D eigenvalue weighted by Gasteiger charge is 2.25. The minimum absolute atomic E-state index is 0.115. The number of carbonyl (C=O) groups excluding carboxylic acids is 1. The van der Waals surface area contributed by atoms with Crippen LogP contribution in [0.25, 0.3) is 10.9 Å². The third-order valence-electron chi connectivity index (χ3n) is 5.37. The Labute approximate surface area is 200 Å². The van der Waals surface area contributed by atoms with E-state index < -0.39 is 5.82 Å². The summed E-state index contributed by atoms with van der Waals surface area (Å²) < 4.78 is 26.3. The first-order chi connectivity index (χ1) is 15.9. The summed E-state index contributed by atoms with van der Waals surface area (Å²) in [4.78, 5) is 22.3. The largest absolute Gasteiger partial charge is 0.493 e. The summed E-state index contributed by atoms with van der Waals surface area (Å²) >= 11 is 11.8. The Morgan fingerprint density at radius 2 is 2.12 bits per heavy atom. The minimum atomic E-state index is -0.685. The number of rotatable bonds is 6. The first-order valence-corrected chi connectivity index (χ1v) is 11.0. The molecule has 1 unspecified atom stereocenters. The fourth-order valence-electron chi connectivity index (χ4n) is 3.71. The van der Waals surface area contributed by atoms with E-state index in [1.54, 1.807) is 17.0 Å². The van der Waals surface area contributed by atoms with Crippen LogP contribution in [0.15, 0.2) is 43.2 Å². The average Bonchev–Trinajstić information content (AvgIpc) is 2.84. The van der Waals surface area contributed by atoms with Crippen LogP contribution in [0.5, 0.6) is 11.5 Å². The second kappa shape index (κ2) is 9.80. The number of benzene rings is 2. The lowest BCUT2D eigenvalue weighted by molar-refractivity contribution is -0.128. The quantitative estimate of drug-likeness (QED) is 0.369. The zero-order chi connectivity index (χ0) is 23.5. The van der Waals surface area contributed by atoms with E-state index in [1.165, 1.54) is 31.6 Å². The maximum absolute atomic E-state index is 14.6. The van der Waals surface area contributed by atoms with Crippen LogP contribution in [-0.2, 0) is 4.79 Å². The first-order valence-electron chi connectivity index (χ1n) is 10.2. The average molecular weight is 491 g/mol. The van der Waals surface area contributed by atoms with Crippen LogP contribution in [-0.4, -0.2) is 47.1 Å². The van der Waals surface area contributed by atoms with Crippen LogP contribution in [0.4, 0.5) is 15.9 Å². The molecule has 1 aliphatic heterocycles. The zero-order valence-electron chi connectivity index (χ0n) is 17.8. The second-order valence-electron chi connectivity index (χ2n) is 7.46. The molecule has 1 amide bonds. The molecule has 0 aliphatic carbocycles. The molecular weight excluding hydrogens is 470 g/mol. The number of fused-ring (bicyclic) bond motifs is 1. The molecule has 0 spiro atoms. The van der Waals surface area contributed by atoms with Crippen molar-refractivity contribution in [2.45, 2.75) is 18.9 Å².